The van der Waals surface area contributed by atoms with E-state index >= 15 is 0 Å². The Hall–Kier alpha value is -1.82. The summed E-state index contributed by atoms with van der Waals surface area (Å²) in [5.41, 5.74) is 1.82. The zero-order valence-corrected chi connectivity index (χ0v) is 12.7. The average molecular weight is 300 g/mol. The lowest BCUT2D eigenvalue weighted by molar-refractivity contribution is -0.137. The number of amides is 1. The molecule has 0 aliphatic heterocycles. The summed E-state index contributed by atoms with van der Waals surface area (Å²) in [6.45, 7) is 7.22. The van der Waals surface area contributed by atoms with Gasteiger partial charge in [0, 0.05) is 11.8 Å². The van der Waals surface area contributed by atoms with Crippen LogP contribution in [0.4, 0.5) is 0 Å². The molecule has 6 nitrogen and oxygen atoms in total. The molecule has 0 aliphatic rings. The largest absolute Gasteiger partial charge is 0.463 e. The van der Waals surface area contributed by atoms with Crippen molar-refractivity contribution in [1.29, 1.82) is 0 Å². The van der Waals surface area contributed by atoms with Crippen LogP contribution in [0.2, 0.25) is 5.02 Å². The monoisotopic (exact) mass is 299 g/mol. The van der Waals surface area contributed by atoms with E-state index in [1.54, 1.807) is 27.7 Å². The van der Waals surface area contributed by atoms with E-state index in [0.29, 0.717) is 23.0 Å². The fourth-order valence-electron chi connectivity index (χ4n) is 1.62. The molecule has 0 aromatic carbocycles. The quantitative estimate of drug-likeness (QED) is 0.664. The minimum Gasteiger partial charge on any atom is -0.463 e. The number of rotatable bonds is 5. The summed E-state index contributed by atoms with van der Waals surface area (Å²) in [6, 6.07) is 0. The predicted molar refractivity (Wildman–Crippen MR) is 75.2 cm³/mol. The second-order valence-corrected chi connectivity index (χ2v) is 4.65. The summed E-state index contributed by atoms with van der Waals surface area (Å²) in [5.74, 6) is -0.773. The van der Waals surface area contributed by atoms with E-state index in [1.165, 1.54) is 10.8 Å². The van der Waals surface area contributed by atoms with Crippen molar-refractivity contribution in [2.45, 2.75) is 34.2 Å². The molecule has 0 saturated heterocycles. The molecular formula is C13H18ClN3O3. The Bertz CT molecular complexity index is 549. The van der Waals surface area contributed by atoms with Gasteiger partial charge in [-0.1, -0.05) is 11.6 Å². The average Bonchev–Trinajstić information content (AvgIpc) is 2.56. The highest BCUT2D eigenvalue weighted by Crippen LogP contribution is 2.18. The van der Waals surface area contributed by atoms with Gasteiger partial charge in [-0.2, -0.15) is 5.10 Å². The van der Waals surface area contributed by atoms with Crippen LogP contribution in [0.1, 0.15) is 25.2 Å². The Balaban J connectivity index is 2.64. The number of nitrogens with zero attached hydrogens (tertiary/aromatic N) is 2. The van der Waals surface area contributed by atoms with E-state index in [2.05, 4.69) is 10.4 Å². The third-order valence-electron chi connectivity index (χ3n) is 2.54. The van der Waals surface area contributed by atoms with Crippen molar-refractivity contribution >= 4 is 23.5 Å². The van der Waals surface area contributed by atoms with Crippen molar-refractivity contribution in [2.75, 3.05) is 6.61 Å². The molecule has 20 heavy (non-hydrogen) atoms. The molecule has 1 N–H and O–H groups in total. The smallest absolute Gasteiger partial charge is 0.332 e. The first-order chi connectivity index (χ1) is 9.35. The van der Waals surface area contributed by atoms with Crippen LogP contribution in [0.25, 0.3) is 0 Å². The second kappa shape index (κ2) is 7.09. The van der Waals surface area contributed by atoms with Crippen LogP contribution in [-0.2, 0) is 20.9 Å². The summed E-state index contributed by atoms with van der Waals surface area (Å²) < 4.78 is 6.27. The molecule has 1 rings (SSSR count). The minimum atomic E-state index is -0.487. The van der Waals surface area contributed by atoms with Crippen molar-refractivity contribution in [3.63, 3.8) is 0 Å². The summed E-state index contributed by atoms with van der Waals surface area (Å²) >= 11 is 6.00. The fraction of sp³-hybridized carbons (Fsp3) is 0.462. The lowest BCUT2D eigenvalue weighted by Gasteiger charge is -2.07. The Morgan fingerprint density at radius 1 is 1.45 bits per heavy atom. The third-order valence-corrected chi connectivity index (χ3v) is 3.09. The predicted octanol–water partition coefficient (Wildman–Crippen LogP) is 1.74. The van der Waals surface area contributed by atoms with Crippen molar-refractivity contribution < 1.29 is 14.3 Å². The number of aryl methyl sites for hydroxylation is 1. The standard InChI is InChI=1S/C13H18ClN3O3/c1-5-20-12(19)6-8(2)15-11(18)7-17-10(4)13(14)9(3)16-17/h6H,5,7H2,1-4H3,(H,15,18)/b8-6+. The Kier molecular flexibility index (Phi) is 5.76. The number of halogens is 1. The molecule has 0 saturated carbocycles. The zero-order chi connectivity index (χ0) is 15.3. The Labute approximate surface area is 122 Å². The number of ether oxygens (including phenoxy) is 1. The number of aromatic nitrogens is 2. The third kappa shape index (κ3) is 4.38. The number of allylic oxidation sites excluding steroid dienone is 1. The van der Waals surface area contributed by atoms with Crippen LogP contribution in [0.5, 0.6) is 0 Å². The van der Waals surface area contributed by atoms with Gasteiger partial charge >= 0.3 is 5.97 Å². The molecule has 1 amide bonds. The molecule has 7 heteroatoms. The normalized spacial score (nSPS) is 11.3. The van der Waals surface area contributed by atoms with Crippen molar-refractivity contribution in [3.8, 4) is 0 Å². The van der Waals surface area contributed by atoms with E-state index in [9.17, 15) is 9.59 Å². The van der Waals surface area contributed by atoms with E-state index < -0.39 is 5.97 Å². The van der Waals surface area contributed by atoms with Crippen LogP contribution in [0.3, 0.4) is 0 Å². The van der Waals surface area contributed by atoms with Crippen molar-refractivity contribution in [2.24, 2.45) is 0 Å². The van der Waals surface area contributed by atoms with Gasteiger partial charge in [0.15, 0.2) is 0 Å². The molecule has 0 fully saturated rings. The van der Waals surface area contributed by atoms with Crippen molar-refractivity contribution in [3.05, 3.63) is 28.2 Å². The fourth-order valence-corrected chi connectivity index (χ4v) is 1.76. The van der Waals surface area contributed by atoms with Crippen LogP contribution in [-0.4, -0.2) is 28.3 Å². The van der Waals surface area contributed by atoms with Crippen molar-refractivity contribution in [1.82, 2.24) is 15.1 Å². The zero-order valence-electron chi connectivity index (χ0n) is 12.0. The van der Waals surface area contributed by atoms with Gasteiger partial charge < -0.3 is 10.1 Å². The maximum absolute atomic E-state index is 11.8. The lowest BCUT2D eigenvalue weighted by atomic mass is 10.4. The van der Waals surface area contributed by atoms with E-state index in [-0.39, 0.29) is 12.5 Å². The first kappa shape index (κ1) is 16.2. The molecule has 110 valence electrons. The number of hydrogen-bond donors (Lipinski definition) is 1. The number of hydrogen-bond acceptors (Lipinski definition) is 4. The summed E-state index contributed by atoms with van der Waals surface area (Å²) in [7, 11) is 0. The molecule has 0 aliphatic carbocycles. The first-order valence-electron chi connectivity index (χ1n) is 6.19. The highest BCUT2D eigenvalue weighted by atomic mass is 35.5. The van der Waals surface area contributed by atoms with Gasteiger partial charge in [0.2, 0.25) is 5.91 Å². The van der Waals surface area contributed by atoms with Gasteiger partial charge in [-0.3, -0.25) is 9.48 Å². The SMILES string of the molecule is CCOC(=O)/C=C(\C)NC(=O)Cn1nc(C)c(Cl)c1C. The van der Waals surface area contributed by atoms with Gasteiger partial charge in [-0.15, -0.1) is 0 Å². The highest BCUT2D eigenvalue weighted by molar-refractivity contribution is 6.31. The topological polar surface area (TPSA) is 73.2 Å². The van der Waals surface area contributed by atoms with Gasteiger partial charge in [0.1, 0.15) is 6.54 Å². The van der Waals surface area contributed by atoms with Gasteiger partial charge in [-0.05, 0) is 27.7 Å². The number of nitrogens with one attached hydrogen (secondary N) is 1. The number of esters is 1. The van der Waals surface area contributed by atoms with Gasteiger partial charge in [-0.25, -0.2) is 4.79 Å². The molecule has 0 unspecified atom stereocenters. The van der Waals surface area contributed by atoms with Crippen LogP contribution in [0.15, 0.2) is 11.8 Å². The molecule has 0 spiro atoms. The van der Waals surface area contributed by atoms with Crippen LogP contribution >= 0.6 is 11.6 Å². The molecule has 1 aromatic rings. The van der Waals surface area contributed by atoms with E-state index in [0.717, 1.165) is 5.69 Å². The Morgan fingerprint density at radius 3 is 2.60 bits per heavy atom. The molecule has 0 radical (unpaired) electrons. The van der Waals surface area contributed by atoms with E-state index in [1.807, 2.05) is 0 Å². The van der Waals surface area contributed by atoms with Crippen LogP contribution in [0, 0.1) is 13.8 Å². The first-order valence-corrected chi connectivity index (χ1v) is 6.57. The lowest BCUT2D eigenvalue weighted by Crippen LogP contribution is -2.27. The highest BCUT2D eigenvalue weighted by Gasteiger charge is 2.12. The number of carbonyl (C=O) groups is 2. The summed E-state index contributed by atoms with van der Waals surface area (Å²) in [4.78, 5) is 23.0. The number of carbonyl (C=O) groups excluding carboxylic acids is 2. The Morgan fingerprint density at radius 2 is 2.10 bits per heavy atom. The molecule has 1 heterocycles. The maximum atomic E-state index is 11.8. The van der Waals surface area contributed by atoms with Gasteiger partial charge in [0.05, 0.1) is 23.0 Å². The molecular weight excluding hydrogens is 282 g/mol. The molecule has 0 bridgehead atoms. The maximum Gasteiger partial charge on any atom is 0.332 e. The molecule has 0 atom stereocenters. The summed E-state index contributed by atoms with van der Waals surface area (Å²) in [5, 5.41) is 7.30. The van der Waals surface area contributed by atoms with Gasteiger partial charge in [0.25, 0.3) is 0 Å². The molecule has 1 aromatic heterocycles. The van der Waals surface area contributed by atoms with Crippen LogP contribution < -0.4 is 5.32 Å². The van der Waals surface area contributed by atoms with E-state index in [4.69, 9.17) is 16.3 Å². The summed E-state index contributed by atoms with van der Waals surface area (Å²) in [6.07, 6.45) is 1.23. The second-order valence-electron chi connectivity index (χ2n) is 4.27. The minimum absolute atomic E-state index is 0.0351.